The molecule has 0 spiro atoms. The second-order valence-electron chi connectivity index (χ2n) is 8.23. The molecule has 6 N–H and O–H groups in total. The van der Waals surface area contributed by atoms with Crippen molar-refractivity contribution >= 4 is 56.7 Å². The molecule has 12 nitrogen and oxygen atoms in total. The lowest BCUT2D eigenvalue weighted by Gasteiger charge is -2.28. The molecule has 1 fully saturated rings. The maximum absolute atomic E-state index is 13.5. The minimum absolute atomic E-state index is 0.0260. The third-order valence-corrected chi connectivity index (χ3v) is 7.58. The number of hydrogen-bond donors (Lipinski definition) is 5. The number of imidazole rings is 1. The zero-order valence-corrected chi connectivity index (χ0v) is 21.6. The Morgan fingerprint density at radius 1 is 1.33 bits per heavy atom. The Bertz CT molecular complexity index is 1130. The van der Waals surface area contributed by atoms with Gasteiger partial charge >= 0.3 is 5.97 Å². The van der Waals surface area contributed by atoms with Crippen LogP contribution in [0.4, 0.5) is 11.6 Å². The van der Waals surface area contributed by atoms with Gasteiger partial charge in [0.05, 0.1) is 26.7 Å². The first-order chi connectivity index (χ1) is 17.1. The van der Waals surface area contributed by atoms with Gasteiger partial charge in [-0.3, -0.25) is 9.59 Å². The molecule has 198 valence electrons. The number of carbonyl (C=O) groups is 2. The molecule has 2 atom stereocenters. The normalized spacial score (nSPS) is 16.6. The highest BCUT2D eigenvalue weighted by atomic mass is 35.5. The van der Waals surface area contributed by atoms with Crippen LogP contribution in [0.1, 0.15) is 25.7 Å². The molecule has 0 saturated carbocycles. The number of anilines is 2. The van der Waals surface area contributed by atoms with Crippen molar-refractivity contribution in [1.29, 1.82) is 0 Å². The van der Waals surface area contributed by atoms with E-state index < -0.39 is 34.5 Å². The van der Waals surface area contributed by atoms with Crippen molar-refractivity contribution in [3.05, 3.63) is 34.6 Å². The Kier molecular flexibility index (Phi) is 9.79. The van der Waals surface area contributed by atoms with Crippen LogP contribution in [0.2, 0.25) is 10.0 Å². The van der Waals surface area contributed by atoms with Crippen molar-refractivity contribution in [2.75, 3.05) is 37.3 Å². The fraction of sp³-hybridized carbons (Fsp3) is 0.476. The number of amides is 1. The number of nitrogens with two attached hydrogens (primary N) is 1. The van der Waals surface area contributed by atoms with Crippen LogP contribution in [0.5, 0.6) is 0 Å². The third-order valence-electron chi connectivity index (χ3n) is 5.50. The molecule has 3 rings (SSSR count). The van der Waals surface area contributed by atoms with Crippen molar-refractivity contribution in [3.63, 3.8) is 0 Å². The number of nitrogen functional groups attached to an aromatic ring is 1. The molecule has 0 aliphatic carbocycles. The fourth-order valence-corrected chi connectivity index (χ4v) is 5.62. The van der Waals surface area contributed by atoms with Gasteiger partial charge < -0.3 is 30.8 Å². The first-order valence-corrected chi connectivity index (χ1v) is 13.4. The third kappa shape index (κ3) is 7.71. The highest BCUT2D eigenvalue weighted by Gasteiger charge is 2.32. The van der Waals surface area contributed by atoms with Crippen molar-refractivity contribution in [2.45, 2.75) is 42.7 Å². The average molecular weight is 563 g/mol. The molecule has 0 radical (unpaired) electrons. The Hall–Kier alpha value is -2.58. The second kappa shape index (κ2) is 12.6. The van der Waals surface area contributed by atoms with E-state index >= 15 is 0 Å². The number of benzene rings is 1. The van der Waals surface area contributed by atoms with Crippen LogP contribution < -0.4 is 15.8 Å². The van der Waals surface area contributed by atoms with Gasteiger partial charge in [-0.1, -0.05) is 23.2 Å². The fourth-order valence-electron chi connectivity index (χ4n) is 3.73. The summed E-state index contributed by atoms with van der Waals surface area (Å²) in [7, 11) is -4.28. The monoisotopic (exact) mass is 562 g/mol. The number of sulfonamides is 1. The number of aliphatic carboxylic acids is 1. The maximum Gasteiger partial charge on any atom is 0.323 e. The topological polar surface area (TPSA) is 180 Å². The predicted octanol–water partition coefficient (Wildman–Crippen LogP) is 1.93. The summed E-state index contributed by atoms with van der Waals surface area (Å²) in [5, 5.41) is 12.3. The van der Waals surface area contributed by atoms with Gasteiger partial charge in [0.25, 0.3) is 0 Å². The number of carboxylic acids is 1. The highest BCUT2D eigenvalue weighted by molar-refractivity contribution is 7.89. The van der Waals surface area contributed by atoms with Gasteiger partial charge in [-0.2, -0.15) is 4.72 Å². The zero-order chi connectivity index (χ0) is 26.3. The standard InChI is InChI=1S/C21H28Cl2N6O6S/c22-15-9-14(10-16(23)19(15)24)36(33,34)28-17(4-1-5-25-21-26-6-7-27-21)20(32)29(12-18(30)31)11-13-3-2-8-35-13/h6-7,9-10,13,17,28H,1-5,8,11-12,24H2,(H,30,31)(H2,25,26,27)/t13?,17-/m0/s1. The van der Waals surface area contributed by atoms with Crippen molar-refractivity contribution in [1.82, 2.24) is 19.6 Å². The number of carbonyl (C=O) groups excluding carboxylic acids is 1. The number of rotatable bonds is 13. The van der Waals surface area contributed by atoms with E-state index in [1.807, 2.05) is 0 Å². The van der Waals surface area contributed by atoms with E-state index in [1.165, 1.54) is 0 Å². The molecule has 2 heterocycles. The summed E-state index contributed by atoms with van der Waals surface area (Å²) in [5.74, 6) is -1.38. The molecule has 1 aliphatic heterocycles. The predicted molar refractivity (Wildman–Crippen MR) is 134 cm³/mol. The van der Waals surface area contributed by atoms with E-state index in [4.69, 9.17) is 33.7 Å². The molecule has 1 amide bonds. The number of carboxylic acid groups (broad SMARTS) is 1. The zero-order valence-electron chi connectivity index (χ0n) is 19.2. The van der Waals surface area contributed by atoms with Crippen LogP contribution in [-0.2, 0) is 24.3 Å². The summed E-state index contributed by atoms with van der Waals surface area (Å²) >= 11 is 12.0. The number of aromatic amines is 1. The highest BCUT2D eigenvalue weighted by Crippen LogP contribution is 2.31. The van der Waals surface area contributed by atoms with Crippen molar-refractivity contribution in [2.24, 2.45) is 0 Å². The van der Waals surface area contributed by atoms with Crippen LogP contribution in [0.15, 0.2) is 29.4 Å². The van der Waals surface area contributed by atoms with Crippen LogP contribution in [-0.4, -0.2) is 78.7 Å². The van der Waals surface area contributed by atoms with E-state index in [2.05, 4.69) is 20.0 Å². The molecule has 1 aliphatic rings. The molecule has 15 heteroatoms. The number of aromatic nitrogens is 2. The number of halogens is 2. The quantitative estimate of drug-likeness (QED) is 0.180. The molecule has 36 heavy (non-hydrogen) atoms. The van der Waals surface area contributed by atoms with E-state index in [-0.39, 0.29) is 39.7 Å². The second-order valence-corrected chi connectivity index (χ2v) is 10.8. The van der Waals surface area contributed by atoms with Gasteiger partial charge in [0.1, 0.15) is 12.6 Å². The van der Waals surface area contributed by atoms with Crippen LogP contribution >= 0.6 is 23.2 Å². The number of nitrogens with one attached hydrogen (secondary N) is 3. The molecular formula is C21H28Cl2N6O6S. The van der Waals surface area contributed by atoms with Gasteiger partial charge in [-0.05, 0) is 37.8 Å². The number of ether oxygens (including phenoxy) is 1. The molecule has 1 unspecified atom stereocenters. The molecular weight excluding hydrogens is 535 g/mol. The van der Waals surface area contributed by atoms with E-state index in [9.17, 15) is 23.1 Å². The van der Waals surface area contributed by atoms with Crippen LogP contribution in [0.3, 0.4) is 0 Å². The number of hydrogen-bond acceptors (Lipinski definition) is 8. The average Bonchev–Trinajstić information content (AvgIpc) is 3.52. The smallest absolute Gasteiger partial charge is 0.323 e. The minimum atomic E-state index is -4.28. The lowest BCUT2D eigenvalue weighted by atomic mass is 10.1. The van der Waals surface area contributed by atoms with Crippen molar-refractivity contribution in [3.8, 4) is 0 Å². The molecule has 1 aromatic heterocycles. The summed E-state index contributed by atoms with van der Waals surface area (Å²) in [6.07, 6.45) is 4.80. The molecule has 1 saturated heterocycles. The van der Waals surface area contributed by atoms with Gasteiger partial charge in [-0.15, -0.1) is 0 Å². The van der Waals surface area contributed by atoms with E-state index in [1.54, 1.807) is 12.4 Å². The van der Waals surface area contributed by atoms with Crippen molar-refractivity contribution < 1.29 is 27.9 Å². The first kappa shape index (κ1) is 28.0. The lowest BCUT2D eigenvalue weighted by molar-refractivity contribution is -0.146. The summed E-state index contributed by atoms with van der Waals surface area (Å²) in [5.41, 5.74) is 5.73. The van der Waals surface area contributed by atoms with E-state index in [0.717, 1.165) is 23.5 Å². The van der Waals surface area contributed by atoms with E-state index in [0.29, 0.717) is 31.9 Å². The Labute approximate surface area is 218 Å². The van der Waals surface area contributed by atoms with Gasteiger partial charge in [0.2, 0.25) is 15.9 Å². The minimum Gasteiger partial charge on any atom is -0.480 e. The summed E-state index contributed by atoms with van der Waals surface area (Å²) in [4.78, 5) is 32.7. The van der Waals surface area contributed by atoms with Gasteiger partial charge in [0.15, 0.2) is 5.95 Å². The SMILES string of the molecule is Nc1c(Cl)cc(S(=O)(=O)N[C@@H](CCCNc2ncc[nH]2)C(=O)N(CC(=O)O)CC2CCCO2)cc1Cl. The molecule has 1 aromatic carbocycles. The van der Waals surface area contributed by atoms with Crippen LogP contribution in [0, 0.1) is 0 Å². The maximum atomic E-state index is 13.5. The molecule has 2 aromatic rings. The van der Waals surface area contributed by atoms with Gasteiger partial charge in [0, 0.05) is 32.1 Å². The van der Waals surface area contributed by atoms with Gasteiger partial charge in [-0.25, -0.2) is 13.4 Å². The summed E-state index contributed by atoms with van der Waals surface area (Å²) < 4.78 is 34.3. The Morgan fingerprint density at radius 3 is 2.64 bits per heavy atom. The summed E-state index contributed by atoms with van der Waals surface area (Å²) in [6.45, 7) is 0.338. The Morgan fingerprint density at radius 2 is 2.06 bits per heavy atom. The first-order valence-electron chi connectivity index (χ1n) is 11.2. The Balaban J connectivity index is 1.80. The number of H-pyrrole nitrogens is 1. The largest absolute Gasteiger partial charge is 0.480 e. The van der Waals surface area contributed by atoms with Crippen LogP contribution in [0.25, 0.3) is 0 Å². The lowest BCUT2D eigenvalue weighted by Crippen LogP contribution is -2.51. The number of nitrogens with zero attached hydrogens (tertiary/aromatic N) is 2. The molecule has 0 bridgehead atoms. The summed E-state index contributed by atoms with van der Waals surface area (Å²) in [6, 6.07) is 1.00.